The van der Waals surface area contributed by atoms with Crippen molar-refractivity contribution in [3.8, 4) is 0 Å². The number of aliphatic imine (C=N–C) groups is 1. The van der Waals surface area contributed by atoms with Gasteiger partial charge in [0.1, 0.15) is 11.2 Å². The van der Waals surface area contributed by atoms with E-state index in [-0.39, 0.29) is 42.3 Å². The Kier molecular flexibility index (Phi) is 13.9. The summed E-state index contributed by atoms with van der Waals surface area (Å²) in [7, 11) is 0. The van der Waals surface area contributed by atoms with E-state index in [1.54, 1.807) is 48.5 Å². The Bertz CT molecular complexity index is 854. The molecule has 1 aliphatic rings. The minimum Gasteiger partial charge on any atom is -0.466 e. The molecule has 0 bridgehead atoms. The van der Waals surface area contributed by atoms with E-state index in [1.807, 2.05) is 0 Å². The van der Waals surface area contributed by atoms with Crippen molar-refractivity contribution in [3.63, 3.8) is 0 Å². The van der Waals surface area contributed by atoms with Gasteiger partial charge in [-0.1, -0.05) is 26.7 Å². The van der Waals surface area contributed by atoms with Crippen molar-refractivity contribution >= 4 is 30.0 Å². The molecular formula is C29H52N4O7. The zero-order valence-corrected chi connectivity index (χ0v) is 26.1. The van der Waals surface area contributed by atoms with Crippen molar-refractivity contribution in [3.05, 3.63) is 0 Å². The van der Waals surface area contributed by atoms with Gasteiger partial charge in [-0.15, -0.1) is 0 Å². The molecule has 0 spiro atoms. The Morgan fingerprint density at radius 2 is 1.35 bits per heavy atom. The fourth-order valence-corrected chi connectivity index (χ4v) is 5.15. The monoisotopic (exact) mass is 568 g/mol. The van der Waals surface area contributed by atoms with Gasteiger partial charge in [-0.25, -0.2) is 14.6 Å². The van der Waals surface area contributed by atoms with E-state index in [9.17, 15) is 19.2 Å². The zero-order chi connectivity index (χ0) is 30.7. The lowest BCUT2D eigenvalue weighted by Crippen LogP contribution is -2.49. The molecule has 11 nitrogen and oxygen atoms in total. The van der Waals surface area contributed by atoms with Crippen molar-refractivity contribution in [2.75, 3.05) is 6.61 Å². The average molecular weight is 569 g/mol. The Morgan fingerprint density at radius 3 is 1.75 bits per heavy atom. The molecule has 1 saturated carbocycles. The quantitative estimate of drug-likeness (QED) is 0.144. The van der Waals surface area contributed by atoms with E-state index in [1.165, 1.54) is 6.92 Å². The topological polar surface area (TPSA) is 144 Å². The van der Waals surface area contributed by atoms with Gasteiger partial charge in [0.05, 0.1) is 18.6 Å². The summed E-state index contributed by atoms with van der Waals surface area (Å²) >= 11 is 0. The van der Waals surface area contributed by atoms with Crippen molar-refractivity contribution in [2.24, 2.45) is 22.7 Å². The van der Waals surface area contributed by atoms with Crippen molar-refractivity contribution in [2.45, 2.75) is 131 Å². The molecule has 4 atom stereocenters. The van der Waals surface area contributed by atoms with E-state index in [4.69, 9.17) is 19.2 Å². The number of amides is 3. The maximum atomic E-state index is 12.8. The molecule has 3 N–H and O–H groups in total. The number of carbonyl (C=O) groups excluding carboxylic acids is 4. The molecule has 230 valence electrons. The molecule has 0 radical (unpaired) electrons. The van der Waals surface area contributed by atoms with E-state index < -0.39 is 35.3 Å². The van der Waals surface area contributed by atoms with E-state index in [0.29, 0.717) is 12.8 Å². The van der Waals surface area contributed by atoms with E-state index in [2.05, 4.69) is 29.8 Å². The summed E-state index contributed by atoms with van der Waals surface area (Å²) in [5, 5.41) is 8.22. The molecule has 11 heteroatoms. The molecule has 1 aliphatic carbocycles. The first-order valence-electron chi connectivity index (χ1n) is 14.5. The first-order chi connectivity index (χ1) is 18.5. The maximum absolute atomic E-state index is 12.8. The van der Waals surface area contributed by atoms with Gasteiger partial charge in [-0.3, -0.25) is 20.2 Å². The summed E-state index contributed by atoms with van der Waals surface area (Å²) < 4.78 is 16.1. The number of hydrogen-bond donors (Lipinski definition) is 3. The van der Waals surface area contributed by atoms with E-state index in [0.717, 1.165) is 25.7 Å². The lowest BCUT2D eigenvalue weighted by Gasteiger charge is -2.34. The predicted molar refractivity (Wildman–Crippen MR) is 154 cm³/mol. The number of alkyl carbamates (subject to hydrolysis) is 2. The van der Waals surface area contributed by atoms with Crippen molar-refractivity contribution in [1.29, 1.82) is 0 Å². The van der Waals surface area contributed by atoms with Crippen LogP contribution in [0.2, 0.25) is 0 Å². The van der Waals surface area contributed by atoms with Crippen LogP contribution in [-0.4, -0.2) is 59.9 Å². The second-order valence-electron chi connectivity index (χ2n) is 12.4. The third kappa shape index (κ3) is 13.0. The van der Waals surface area contributed by atoms with Crippen LogP contribution >= 0.6 is 0 Å². The average Bonchev–Trinajstić information content (AvgIpc) is 3.18. The number of nitrogens with one attached hydrogen (secondary N) is 3. The minimum atomic E-state index is -0.799. The van der Waals surface area contributed by atoms with Gasteiger partial charge in [-0.05, 0) is 80.1 Å². The Hall–Kier alpha value is -2.85. The third-order valence-corrected chi connectivity index (χ3v) is 6.39. The molecule has 0 aromatic rings. The van der Waals surface area contributed by atoms with Crippen molar-refractivity contribution in [1.82, 2.24) is 16.0 Å². The summed E-state index contributed by atoms with van der Waals surface area (Å²) in [5.74, 6) is -1.14. The second kappa shape index (κ2) is 15.8. The number of ether oxygens (including phenoxy) is 3. The van der Waals surface area contributed by atoms with Gasteiger partial charge in [0, 0.05) is 18.9 Å². The van der Waals surface area contributed by atoms with Crippen LogP contribution in [0.5, 0.6) is 0 Å². The summed E-state index contributed by atoms with van der Waals surface area (Å²) in [4.78, 5) is 55.3. The van der Waals surface area contributed by atoms with Crippen LogP contribution in [0, 0.1) is 17.8 Å². The number of guanidine groups is 1. The standard InChI is InChI=1S/C29H52N4O7/c1-11-14-19(15-12-2)23(30-18(4)34)21-16-20(24(35)38-13-3)17-22(21)31-25(32-26(36)39-28(5,6)7)33-27(37)40-29(8,9)10/h19-23H,11-17H2,1-10H3,(H,30,34)(H2,31,32,33,36,37)/t20-,21-,22-,23?/m1/s1. The number of nitrogens with zero attached hydrogens (tertiary/aromatic N) is 1. The Labute approximate surface area is 239 Å². The van der Waals surface area contributed by atoms with Crippen molar-refractivity contribution < 1.29 is 33.4 Å². The van der Waals surface area contributed by atoms with Crippen LogP contribution in [0.3, 0.4) is 0 Å². The first kappa shape index (κ1) is 35.2. The summed E-state index contributed by atoms with van der Waals surface area (Å²) in [6.45, 7) is 18.0. The normalized spacial score (nSPS) is 19.8. The largest absolute Gasteiger partial charge is 0.466 e. The SMILES string of the molecule is CCCC(CCC)C(NC(C)=O)[C@@H]1C[C@@H](C(=O)OCC)C[C@H]1N=C(NC(=O)OC(C)(C)C)NC(=O)OC(C)(C)C. The van der Waals surface area contributed by atoms with Gasteiger partial charge in [0.25, 0.3) is 0 Å². The zero-order valence-electron chi connectivity index (χ0n) is 26.1. The molecule has 0 aliphatic heterocycles. The molecule has 0 saturated heterocycles. The molecule has 3 amide bonds. The highest BCUT2D eigenvalue weighted by Gasteiger charge is 2.45. The summed E-state index contributed by atoms with van der Waals surface area (Å²) in [6, 6.07) is -0.766. The fraction of sp³-hybridized carbons (Fsp3) is 0.828. The Balaban J connectivity index is 3.54. The number of hydrogen-bond acceptors (Lipinski definition) is 8. The number of carbonyl (C=O) groups is 4. The summed E-state index contributed by atoms with van der Waals surface area (Å²) in [5.41, 5.74) is -1.56. The summed E-state index contributed by atoms with van der Waals surface area (Å²) in [6.07, 6.45) is 2.86. The highest BCUT2D eigenvalue weighted by molar-refractivity contribution is 6.01. The molecule has 0 aromatic carbocycles. The highest BCUT2D eigenvalue weighted by Crippen LogP contribution is 2.40. The number of rotatable bonds is 10. The lowest BCUT2D eigenvalue weighted by molar-refractivity contribution is -0.147. The maximum Gasteiger partial charge on any atom is 0.414 e. The van der Waals surface area contributed by atoms with Crippen LogP contribution < -0.4 is 16.0 Å². The van der Waals surface area contributed by atoms with Gasteiger partial charge in [0.15, 0.2) is 0 Å². The van der Waals surface area contributed by atoms with Gasteiger partial charge in [-0.2, -0.15) is 0 Å². The van der Waals surface area contributed by atoms with Gasteiger partial charge in [0.2, 0.25) is 11.9 Å². The predicted octanol–water partition coefficient (Wildman–Crippen LogP) is 5.07. The van der Waals surface area contributed by atoms with Crippen LogP contribution in [0.4, 0.5) is 9.59 Å². The number of esters is 1. The third-order valence-electron chi connectivity index (χ3n) is 6.39. The molecule has 0 aromatic heterocycles. The second-order valence-corrected chi connectivity index (χ2v) is 12.4. The molecule has 1 unspecified atom stereocenters. The molecule has 0 heterocycles. The van der Waals surface area contributed by atoms with Gasteiger partial charge < -0.3 is 19.5 Å². The highest BCUT2D eigenvalue weighted by atomic mass is 16.6. The minimum absolute atomic E-state index is 0.146. The Morgan fingerprint density at radius 1 is 0.850 bits per heavy atom. The molecule has 40 heavy (non-hydrogen) atoms. The van der Waals surface area contributed by atoms with Crippen LogP contribution in [-0.2, 0) is 23.8 Å². The molecule has 1 rings (SSSR count). The van der Waals surface area contributed by atoms with E-state index >= 15 is 0 Å². The fourth-order valence-electron chi connectivity index (χ4n) is 5.15. The molecular weight excluding hydrogens is 516 g/mol. The van der Waals surface area contributed by atoms with Crippen LogP contribution in [0.15, 0.2) is 4.99 Å². The molecule has 1 fully saturated rings. The van der Waals surface area contributed by atoms with Crippen LogP contribution in [0.25, 0.3) is 0 Å². The lowest BCUT2D eigenvalue weighted by atomic mass is 9.80. The smallest absolute Gasteiger partial charge is 0.414 e. The van der Waals surface area contributed by atoms with Crippen LogP contribution in [0.1, 0.15) is 108 Å². The van der Waals surface area contributed by atoms with Gasteiger partial charge >= 0.3 is 18.2 Å². The first-order valence-corrected chi connectivity index (χ1v) is 14.5.